The fourth-order valence-electron chi connectivity index (χ4n) is 4.12. The van der Waals surface area contributed by atoms with E-state index in [2.05, 4.69) is 0 Å². The van der Waals surface area contributed by atoms with Crippen molar-refractivity contribution in [3.63, 3.8) is 0 Å². The van der Waals surface area contributed by atoms with Crippen LogP contribution in [0.4, 0.5) is 0 Å². The fourth-order valence-corrected chi connectivity index (χ4v) is 4.12. The van der Waals surface area contributed by atoms with Gasteiger partial charge in [-0.1, -0.05) is 66.7 Å². The van der Waals surface area contributed by atoms with Gasteiger partial charge >= 0.3 is 5.97 Å². The SMILES string of the molecule is CCOC(=O)c1cc(C(=O)c2ccc3ccccc3c2)n2ccc(C(=O)c3ccccc3)cc12. The molecule has 166 valence electrons. The van der Waals surface area contributed by atoms with Crippen LogP contribution in [0.3, 0.4) is 0 Å². The van der Waals surface area contributed by atoms with Crippen LogP contribution in [-0.2, 0) is 4.74 Å². The van der Waals surface area contributed by atoms with Gasteiger partial charge < -0.3 is 9.14 Å². The average molecular weight is 447 g/mol. The highest BCUT2D eigenvalue weighted by atomic mass is 16.5. The smallest absolute Gasteiger partial charge is 0.340 e. The van der Waals surface area contributed by atoms with Gasteiger partial charge in [-0.05, 0) is 42.0 Å². The Balaban J connectivity index is 1.63. The lowest BCUT2D eigenvalue weighted by molar-refractivity contribution is 0.0528. The minimum Gasteiger partial charge on any atom is -0.462 e. The van der Waals surface area contributed by atoms with Crippen molar-refractivity contribution in [3.05, 3.63) is 125 Å². The number of benzene rings is 3. The van der Waals surface area contributed by atoms with E-state index in [9.17, 15) is 14.4 Å². The molecule has 5 aromatic rings. The molecule has 0 N–H and O–H groups in total. The number of ether oxygens (including phenoxy) is 1. The molecule has 0 spiro atoms. The van der Waals surface area contributed by atoms with Crippen molar-refractivity contribution in [1.29, 1.82) is 0 Å². The van der Waals surface area contributed by atoms with Crippen LogP contribution in [0.25, 0.3) is 16.3 Å². The second-order valence-corrected chi connectivity index (χ2v) is 7.92. The Morgan fingerprint density at radius 3 is 2.18 bits per heavy atom. The van der Waals surface area contributed by atoms with Crippen molar-refractivity contribution in [3.8, 4) is 0 Å². The summed E-state index contributed by atoms with van der Waals surface area (Å²) in [6.45, 7) is 1.93. The van der Waals surface area contributed by atoms with E-state index >= 15 is 0 Å². The Bertz CT molecular complexity index is 1560. The number of esters is 1. The van der Waals surface area contributed by atoms with Gasteiger partial charge in [-0.15, -0.1) is 0 Å². The van der Waals surface area contributed by atoms with Gasteiger partial charge in [-0.3, -0.25) is 9.59 Å². The predicted molar refractivity (Wildman–Crippen MR) is 131 cm³/mol. The molecule has 0 bridgehead atoms. The normalized spacial score (nSPS) is 11.0. The number of carbonyl (C=O) groups excluding carboxylic acids is 3. The van der Waals surface area contributed by atoms with E-state index in [4.69, 9.17) is 4.74 Å². The third-order valence-electron chi connectivity index (χ3n) is 5.81. The van der Waals surface area contributed by atoms with Crippen LogP contribution in [0.2, 0.25) is 0 Å². The number of aromatic nitrogens is 1. The van der Waals surface area contributed by atoms with Crippen LogP contribution in [0.1, 0.15) is 49.3 Å². The molecule has 0 fully saturated rings. The van der Waals surface area contributed by atoms with Crippen molar-refractivity contribution in [2.75, 3.05) is 6.61 Å². The van der Waals surface area contributed by atoms with E-state index < -0.39 is 5.97 Å². The second kappa shape index (κ2) is 8.79. The summed E-state index contributed by atoms with van der Waals surface area (Å²) in [6.07, 6.45) is 1.66. The molecule has 0 aliphatic heterocycles. The predicted octanol–water partition coefficient (Wildman–Crippen LogP) is 5.73. The maximum Gasteiger partial charge on any atom is 0.340 e. The molecule has 3 aromatic carbocycles. The van der Waals surface area contributed by atoms with Crippen molar-refractivity contribution >= 4 is 33.8 Å². The van der Waals surface area contributed by atoms with Gasteiger partial charge in [-0.2, -0.15) is 0 Å². The zero-order valence-electron chi connectivity index (χ0n) is 18.5. The molecule has 2 aromatic heterocycles. The first-order chi connectivity index (χ1) is 16.6. The van der Waals surface area contributed by atoms with Crippen LogP contribution < -0.4 is 0 Å². The Labute approximate surface area is 196 Å². The number of carbonyl (C=O) groups is 3. The highest BCUT2D eigenvalue weighted by molar-refractivity contribution is 6.14. The quantitative estimate of drug-likeness (QED) is 0.246. The molecule has 0 atom stereocenters. The van der Waals surface area contributed by atoms with Gasteiger partial charge in [0.25, 0.3) is 0 Å². The van der Waals surface area contributed by atoms with Gasteiger partial charge in [0.15, 0.2) is 5.78 Å². The molecular formula is C29H21NO4. The second-order valence-electron chi connectivity index (χ2n) is 7.92. The minimum atomic E-state index is -0.540. The van der Waals surface area contributed by atoms with Crippen LogP contribution in [-0.4, -0.2) is 28.5 Å². The molecule has 0 aliphatic carbocycles. The minimum absolute atomic E-state index is 0.165. The molecule has 0 saturated carbocycles. The lowest BCUT2D eigenvalue weighted by Crippen LogP contribution is -2.07. The molecule has 5 nitrogen and oxygen atoms in total. The number of rotatable bonds is 6. The maximum absolute atomic E-state index is 13.5. The van der Waals surface area contributed by atoms with Gasteiger partial charge in [-0.25, -0.2) is 4.79 Å². The Morgan fingerprint density at radius 1 is 0.706 bits per heavy atom. The Hall–Kier alpha value is -4.51. The van der Waals surface area contributed by atoms with Crippen LogP contribution in [0.5, 0.6) is 0 Å². The van der Waals surface area contributed by atoms with E-state index in [1.54, 1.807) is 66.1 Å². The number of fused-ring (bicyclic) bond motifs is 2. The highest BCUT2D eigenvalue weighted by Gasteiger charge is 2.23. The van der Waals surface area contributed by atoms with E-state index in [1.807, 2.05) is 42.5 Å². The molecule has 0 amide bonds. The number of hydrogen-bond donors (Lipinski definition) is 0. The number of hydrogen-bond acceptors (Lipinski definition) is 4. The fraction of sp³-hybridized carbons (Fsp3) is 0.0690. The third kappa shape index (κ3) is 3.77. The van der Waals surface area contributed by atoms with Crippen molar-refractivity contribution in [2.45, 2.75) is 6.92 Å². The largest absolute Gasteiger partial charge is 0.462 e. The molecule has 0 aliphatic rings. The van der Waals surface area contributed by atoms with Crippen molar-refractivity contribution in [2.24, 2.45) is 0 Å². The first-order valence-corrected chi connectivity index (χ1v) is 11.0. The molecule has 2 heterocycles. The topological polar surface area (TPSA) is 64.8 Å². The summed E-state index contributed by atoms with van der Waals surface area (Å²) >= 11 is 0. The van der Waals surface area contributed by atoms with Crippen molar-refractivity contribution < 1.29 is 19.1 Å². The van der Waals surface area contributed by atoms with E-state index in [1.165, 1.54) is 0 Å². The molecule has 0 unspecified atom stereocenters. The first-order valence-electron chi connectivity index (χ1n) is 11.0. The lowest BCUT2D eigenvalue weighted by atomic mass is 10.0. The van der Waals surface area contributed by atoms with E-state index in [-0.39, 0.29) is 23.7 Å². The van der Waals surface area contributed by atoms with Gasteiger partial charge in [0, 0.05) is 22.9 Å². The Morgan fingerprint density at radius 2 is 1.41 bits per heavy atom. The molecule has 5 heteroatoms. The van der Waals surface area contributed by atoms with E-state index in [0.29, 0.717) is 27.9 Å². The molecule has 34 heavy (non-hydrogen) atoms. The summed E-state index contributed by atoms with van der Waals surface area (Å²) < 4.78 is 6.87. The standard InChI is InChI=1S/C29H21NO4/c1-2-34-29(33)24-18-26(28(32)22-13-12-19-8-6-7-11-21(19)16-22)30-15-14-23(17-25(24)30)27(31)20-9-4-3-5-10-20/h3-18H,2H2,1H3. The van der Waals surface area contributed by atoms with Gasteiger partial charge in [0.05, 0.1) is 23.4 Å². The lowest BCUT2D eigenvalue weighted by Gasteiger charge is -2.07. The summed E-state index contributed by atoms with van der Waals surface area (Å²) in [5, 5.41) is 1.99. The maximum atomic E-state index is 13.5. The number of ketones is 2. The Kier molecular flexibility index (Phi) is 5.52. The number of nitrogens with zero attached hydrogens (tertiary/aromatic N) is 1. The molecule has 0 saturated heterocycles. The van der Waals surface area contributed by atoms with Crippen LogP contribution in [0.15, 0.2) is 97.2 Å². The van der Waals surface area contributed by atoms with Crippen LogP contribution >= 0.6 is 0 Å². The van der Waals surface area contributed by atoms with Gasteiger partial charge in [0.2, 0.25) is 5.78 Å². The summed E-state index contributed by atoms with van der Waals surface area (Å²) in [7, 11) is 0. The zero-order chi connectivity index (χ0) is 23.7. The number of pyridine rings is 1. The molecule has 0 radical (unpaired) electrons. The third-order valence-corrected chi connectivity index (χ3v) is 5.81. The summed E-state index contributed by atoms with van der Waals surface area (Å²) in [6, 6.07) is 27.1. The van der Waals surface area contributed by atoms with Crippen LogP contribution in [0, 0.1) is 0 Å². The highest BCUT2D eigenvalue weighted by Crippen LogP contribution is 2.25. The van der Waals surface area contributed by atoms with Gasteiger partial charge in [0.1, 0.15) is 0 Å². The monoisotopic (exact) mass is 447 g/mol. The summed E-state index contributed by atoms with van der Waals surface area (Å²) in [5.41, 5.74) is 2.50. The average Bonchev–Trinajstić information content (AvgIpc) is 3.27. The molecular weight excluding hydrogens is 426 g/mol. The first kappa shape index (κ1) is 21.3. The summed E-state index contributed by atoms with van der Waals surface area (Å²) in [4.78, 5) is 39.2. The zero-order valence-corrected chi connectivity index (χ0v) is 18.5. The summed E-state index contributed by atoms with van der Waals surface area (Å²) in [5.74, 6) is -0.929. The van der Waals surface area contributed by atoms with Crippen molar-refractivity contribution in [1.82, 2.24) is 4.40 Å². The van der Waals surface area contributed by atoms with E-state index in [0.717, 1.165) is 10.8 Å². The molecule has 5 rings (SSSR count).